The Kier molecular flexibility index (Phi) is 8.35. The molecule has 122 valence electrons. The fourth-order valence-electron chi connectivity index (χ4n) is 2.84. The van der Waals surface area contributed by atoms with Crippen LogP contribution in [0.1, 0.15) is 46.5 Å². The highest BCUT2D eigenvalue weighted by Gasteiger charge is 2.28. The van der Waals surface area contributed by atoms with Crippen molar-refractivity contribution in [2.24, 2.45) is 5.92 Å². The zero-order valence-electron chi connectivity index (χ0n) is 13.8. The molecule has 1 aliphatic rings. The lowest BCUT2D eigenvalue weighted by Crippen LogP contribution is -2.46. The number of nitrogens with zero attached hydrogens (tertiary/aromatic N) is 2. The summed E-state index contributed by atoms with van der Waals surface area (Å²) in [6, 6.07) is 0. The first-order chi connectivity index (χ1) is 10.1. The summed E-state index contributed by atoms with van der Waals surface area (Å²) in [6.07, 6.45) is 3.80. The molecule has 0 unspecified atom stereocenters. The predicted octanol–water partition coefficient (Wildman–Crippen LogP) is 1.91. The Hall–Kier alpha value is -1.10. The molecule has 1 aliphatic heterocycles. The molecule has 1 heterocycles. The molecule has 1 saturated heterocycles. The minimum absolute atomic E-state index is 0.0719. The largest absolute Gasteiger partial charge is 0.466 e. The fourth-order valence-corrected chi connectivity index (χ4v) is 2.84. The second-order valence-corrected chi connectivity index (χ2v) is 5.71. The zero-order valence-corrected chi connectivity index (χ0v) is 13.8. The van der Waals surface area contributed by atoms with Crippen molar-refractivity contribution in [3.63, 3.8) is 0 Å². The maximum atomic E-state index is 12.4. The molecule has 0 aromatic carbocycles. The highest BCUT2D eigenvalue weighted by atomic mass is 16.5. The smallest absolute Gasteiger partial charge is 0.310 e. The van der Waals surface area contributed by atoms with E-state index in [-0.39, 0.29) is 17.8 Å². The van der Waals surface area contributed by atoms with E-state index in [0.29, 0.717) is 19.7 Å². The van der Waals surface area contributed by atoms with E-state index in [1.165, 1.54) is 0 Å². The Labute approximate surface area is 128 Å². The Bertz CT molecular complexity index is 327. The summed E-state index contributed by atoms with van der Waals surface area (Å²) in [6.45, 7) is 10.1. The van der Waals surface area contributed by atoms with Gasteiger partial charge in [0.25, 0.3) is 0 Å². The van der Waals surface area contributed by atoms with E-state index < -0.39 is 0 Å². The summed E-state index contributed by atoms with van der Waals surface area (Å²) in [5.74, 6) is -0.00543. The van der Waals surface area contributed by atoms with Crippen molar-refractivity contribution in [2.45, 2.75) is 46.5 Å². The topological polar surface area (TPSA) is 49.9 Å². The van der Waals surface area contributed by atoms with Crippen molar-refractivity contribution in [3.8, 4) is 0 Å². The maximum Gasteiger partial charge on any atom is 0.310 e. The molecule has 0 radical (unpaired) electrons. The SMILES string of the molecule is CCCN(CCC)C(=O)CN1CCC[C@@H](C(=O)OCC)C1. The maximum absolute atomic E-state index is 12.4. The third-order valence-electron chi connectivity index (χ3n) is 3.82. The van der Waals surface area contributed by atoms with Crippen molar-refractivity contribution in [3.05, 3.63) is 0 Å². The van der Waals surface area contributed by atoms with Crippen molar-refractivity contribution in [1.29, 1.82) is 0 Å². The number of hydrogen-bond donors (Lipinski definition) is 0. The minimum atomic E-state index is -0.117. The summed E-state index contributed by atoms with van der Waals surface area (Å²) < 4.78 is 5.10. The van der Waals surface area contributed by atoms with E-state index >= 15 is 0 Å². The number of hydrogen-bond acceptors (Lipinski definition) is 4. The highest BCUT2D eigenvalue weighted by molar-refractivity contribution is 5.78. The number of likely N-dealkylation sites (tertiary alicyclic amines) is 1. The molecule has 0 aromatic heterocycles. The van der Waals surface area contributed by atoms with Crippen LogP contribution in [0.4, 0.5) is 0 Å². The molecule has 5 nitrogen and oxygen atoms in total. The van der Waals surface area contributed by atoms with Crippen LogP contribution in [0.25, 0.3) is 0 Å². The van der Waals surface area contributed by atoms with Crippen molar-refractivity contribution < 1.29 is 14.3 Å². The average Bonchev–Trinajstić information content (AvgIpc) is 2.47. The van der Waals surface area contributed by atoms with Gasteiger partial charge in [0.1, 0.15) is 0 Å². The highest BCUT2D eigenvalue weighted by Crippen LogP contribution is 2.18. The molecule has 0 spiro atoms. The van der Waals surface area contributed by atoms with Gasteiger partial charge < -0.3 is 9.64 Å². The van der Waals surface area contributed by atoms with Gasteiger partial charge in [0, 0.05) is 19.6 Å². The fraction of sp³-hybridized carbons (Fsp3) is 0.875. The second kappa shape index (κ2) is 9.77. The Morgan fingerprint density at radius 1 is 1.19 bits per heavy atom. The van der Waals surface area contributed by atoms with Crippen LogP contribution in [0.15, 0.2) is 0 Å². The van der Waals surface area contributed by atoms with Crippen LogP contribution in [0.3, 0.4) is 0 Å². The summed E-state index contributed by atoms with van der Waals surface area (Å²) in [7, 11) is 0. The summed E-state index contributed by atoms with van der Waals surface area (Å²) in [5, 5.41) is 0. The van der Waals surface area contributed by atoms with Crippen LogP contribution >= 0.6 is 0 Å². The molecular weight excluding hydrogens is 268 g/mol. The quantitative estimate of drug-likeness (QED) is 0.642. The number of amides is 1. The summed E-state index contributed by atoms with van der Waals surface area (Å²) in [4.78, 5) is 28.2. The average molecular weight is 298 g/mol. The van der Waals surface area contributed by atoms with E-state index in [0.717, 1.165) is 45.3 Å². The Balaban J connectivity index is 2.49. The summed E-state index contributed by atoms with van der Waals surface area (Å²) in [5.41, 5.74) is 0. The molecule has 1 atom stereocenters. The molecular formula is C16H30N2O3. The van der Waals surface area contributed by atoms with Crippen LogP contribution in [0, 0.1) is 5.92 Å². The Morgan fingerprint density at radius 3 is 2.43 bits per heavy atom. The lowest BCUT2D eigenvalue weighted by molar-refractivity contribution is -0.150. The molecule has 5 heteroatoms. The molecule has 0 aromatic rings. The number of piperidine rings is 1. The lowest BCUT2D eigenvalue weighted by atomic mass is 9.98. The molecule has 1 fully saturated rings. The van der Waals surface area contributed by atoms with Gasteiger partial charge in [-0.05, 0) is 39.2 Å². The summed E-state index contributed by atoms with van der Waals surface area (Å²) >= 11 is 0. The Morgan fingerprint density at radius 2 is 1.86 bits per heavy atom. The number of ether oxygens (including phenoxy) is 1. The van der Waals surface area contributed by atoms with Gasteiger partial charge in [0.15, 0.2) is 0 Å². The number of carbonyl (C=O) groups excluding carboxylic acids is 2. The minimum Gasteiger partial charge on any atom is -0.466 e. The first kappa shape index (κ1) is 18.0. The van der Waals surface area contributed by atoms with Gasteiger partial charge in [0.05, 0.1) is 19.1 Å². The van der Waals surface area contributed by atoms with Crippen molar-refractivity contribution in [1.82, 2.24) is 9.80 Å². The van der Waals surface area contributed by atoms with Crippen LogP contribution in [-0.2, 0) is 14.3 Å². The van der Waals surface area contributed by atoms with Crippen LogP contribution < -0.4 is 0 Å². The third kappa shape index (κ3) is 6.04. The van der Waals surface area contributed by atoms with Crippen LogP contribution in [0.2, 0.25) is 0 Å². The van der Waals surface area contributed by atoms with Gasteiger partial charge in [-0.15, -0.1) is 0 Å². The van der Waals surface area contributed by atoms with Crippen LogP contribution in [-0.4, -0.2) is 61.0 Å². The van der Waals surface area contributed by atoms with E-state index in [4.69, 9.17) is 4.74 Å². The van der Waals surface area contributed by atoms with Gasteiger partial charge in [-0.25, -0.2) is 0 Å². The first-order valence-corrected chi connectivity index (χ1v) is 8.29. The normalized spacial score (nSPS) is 19.3. The van der Waals surface area contributed by atoms with E-state index in [1.807, 2.05) is 11.8 Å². The molecule has 1 amide bonds. The molecule has 1 rings (SSSR count). The van der Waals surface area contributed by atoms with Crippen molar-refractivity contribution >= 4 is 11.9 Å². The van der Waals surface area contributed by atoms with E-state index in [9.17, 15) is 9.59 Å². The second-order valence-electron chi connectivity index (χ2n) is 5.71. The van der Waals surface area contributed by atoms with Gasteiger partial charge >= 0.3 is 5.97 Å². The van der Waals surface area contributed by atoms with Gasteiger partial charge in [0.2, 0.25) is 5.91 Å². The predicted molar refractivity (Wildman–Crippen MR) is 83.0 cm³/mol. The standard InChI is InChI=1S/C16H30N2O3/c1-4-9-18(10-5-2)15(19)13-17-11-7-8-14(12-17)16(20)21-6-3/h14H,4-13H2,1-3H3/t14-/m1/s1. The molecule has 21 heavy (non-hydrogen) atoms. The third-order valence-corrected chi connectivity index (χ3v) is 3.82. The molecule has 0 saturated carbocycles. The molecule has 0 aliphatic carbocycles. The molecule has 0 N–H and O–H groups in total. The lowest BCUT2D eigenvalue weighted by Gasteiger charge is -2.32. The van der Waals surface area contributed by atoms with Gasteiger partial charge in [-0.3, -0.25) is 14.5 Å². The van der Waals surface area contributed by atoms with Crippen LogP contribution in [0.5, 0.6) is 0 Å². The first-order valence-electron chi connectivity index (χ1n) is 8.29. The number of rotatable bonds is 8. The monoisotopic (exact) mass is 298 g/mol. The van der Waals surface area contributed by atoms with E-state index in [2.05, 4.69) is 18.7 Å². The van der Waals surface area contributed by atoms with Gasteiger partial charge in [-0.2, -0.15) is 0 Å². The van der Waals surface area contributed by atoms with Crippen molar-refractivity contribution in [2.75, 3.05) is 39.3 Å². The molecule has 0 bridgehead atoms. The number of esters is 1. The number of carbonyl (C=O) groups is 2. The van der Waals surface area contributed by atoms with Gasteiger partial charge in [-0.1, -0.05) is 13.8 Å². The van der Waals surface area contributed by atoms with E-state index in [1.54, 1.807) is 0 Å². The zero-order chi connectivity index (χ0) is 15.7.